The molecular weight excluding hydrogens is 388 g/mol. The van der Waals surface area contributed by atoms with Gasteiger partial charge in [0, 0.05) is 12.3 Å². The van der Waals surface area contributed by atoms with E-state index in [-0.39, 0.29) is 17.6 Å². The number of rotatable bonds is 5. The molecule has 2 nitrogen and oxygen atoms in total. The van der Waals surface area contributed by atoms with Crippen LogP contribution < -0.4 is 0 Å². The molecule has 4 heteroatoms. The number of allylic oxidation sites excluding steroid dienone is 6. The molecule has 0 unspecified atom stereocenters. The van der Waals surface area contributed by atoms with E-state index in [4.69, 9.17) is 9.53 Å². The van der Waals surface area contributed by atoms with Crippen LogP contribution in [0.15, 0.2) is 47.9 Å². The van der Waals surface area contributed by atoms with Gasteiger partial charge in [0.05, 0.1) is 13.8 Å². The van der Waals surface area contributed by atoms with Crippen LogP contribution in [0.25, 0.3) is 0 Å². The van der Waals surface area contributed by atoms with E-state index in [2.05, 4.69) is 95.9 Å². The first-order valence-corrected chi connectivity index (χ1v) is 16.7. The van der Waals surface area contributed by atoms with Gasteiger partial charge in [0.25, 0.3) is 0 Å². The van der Waals surface area contributed by atoms with Crippen molar-refractivity contribution in [2.24, 2.45) is 11.8 Å². The molecule has 0 aromatic heterocycles. The summed E-state index contributed by atoms with van der Waals surface area (Å²) in [7, 11) is -3.49. The summed E-state index contributed by atoms with van der Waals surface area (Å²) in [4.78, 5) is 0. The van der Waals surface area contributed by atoms with Crippen molar-refractivity contribution in [1.29, 1.82) is 0 Å². The van der Waals surface area contributed by atoms with E-state index in [1.807, 2.05) is 6.08 Å². The first kappa shape index (κ1) is 25.3. The maximum Gasteiger partial charge on any atom is 0.250 e. The number of aliphatic hydroxyl groups excluding tert-OH is 1. The van der Waals surface area contributed by atoms with Crippen molar-refractivity contribution in [1.82, 2.24) is 0 Å². The average molecular weight is 427 g/mol. The Morgan fingerprint density at radius 1 is 1.07 bits per heavy atom. The second-order valence-corrected chi connectivity index (χ2v) is 19.8. The SMILES string of the molecule is C=C[C@@H]1C=C(O[Si](C)(C)C(C)(C)C)C([Si](C)(C)C)=C[C@H]1CC#C/C=C\C#CCO. The smallest absolute Gasteiger partial charge is 0.250 e. The van der Waals surface area contributed by atoms with Crippen LogP contribution in [0.4, 0.5) is 0 Å². The van der Waals surface area contributed by atoms with E-state index in [9.17, 15) is 0 Å². The van der Waals surface area contributed by atoms with Crippen LogP contribution in [0.2, 0.25) is 37.8 Å². The lowest BCUT2D eigenvalue weighted by Gasteiger charge is -2.41. The lowest BCUT2D eigenvalue weighted by molar-refractivity contribution is 0.350. The molecule has 0 spiro atoms. The van der Waals surface area contributed by atoms with Crippen LogP contribution in [0.3, 0.4) is 0 Å². The standard InChI is InChI=1S/C25H38O2Si2/c1-10-21-19-23(27-29(8,9)25(2,3)4)24(28(5,6)7)20-22(21)17-15-13-11-12-14-16-18-26/h10-12,19-22,26H,1,17-18H2,2-9H3/b12-11-/t21-,22-/m1/s1. The molecular formula is C25H38O2Si2. The van der Waals surface area contributed by atoms with Gasteiger partial charge in [0.2, 0.25) is 8.32 Å². The van der Waals surface area contributed by atoms with Gasteiger partial charge in [0.1, 0.15) is 6.61 Å². The predicted octanol–water partition coefficient (Wildman–Crippen LogP) is 6.07. The fraction of sp³-hybridized carbons (Fsp3) is 0.520. The Balaban J connectivity index is 3.15. The second kappa shape index (κ2) is 10.3. The molecule has 0 amide bonds. The Kier molecular flexibility index (Phi) is 9.03. The minimum absolute atomic E-state index is 0.128. The molecule has 2 atom stereocenters. The largest absolute Gasteiger partial charge is 0.544 e. The van der Waals surface area contributed by atoms with E-state index in [1.54, 1.807) is 12.2 Å². The van der Waals surface area contributed by atoms with Gasteiger partial charge in [-0.25, -0.2) is 0 Å². The molecule has 0 radical (unpaired) electrons. The van der Waals surface area contributed by atoms with Gasteiger partial charge in [-0.15, -0.1) is 6.58 Å². The topological polar surface area (TPSA) is 29.5 Å². The quantitative estimate of drug-likeness (QED) is 0.328. The molecule has 1 rings (SSSR count). The zero-order valence-corrected chi connectivity index (χ0v) is 21.5. The van der Waals surface area contributed by atoms with Gasteiger partial charge in [-0.2, -0.15) is 0 Å². The number of aliphatic hydroxyl groups is 1. The maximum absolute atomic E-state index is 8.65. The zero-order valence-electron chi connectivity index (χ0n) is 19.5. The summed E-state index contributed by atoms with van der Waals surface area (Å²) in [5, 5.41) is 10.2. The van der Waals surface area contributed by atoms with Gasteiger partial charge in [0.15, 0.2) is 0 Å². The van der Waals surface area contributed by atoms with Crippen LogP contribution in [0.1, 0.15) is 27.2 Å². The van der Waals surface area contributed by atoms with Crippen LogP contribution in [-0.4, -0.2) is 28.1 Å². The Morgan fingerprint density at radius 3 is 2.14 bits per heavy atom. The second-order valence-electron chi connectivity index (χ2n) is 10.0. The molecule has 0 bridgehead atoms. The highest BCUT2D eigenvalue weighted by Crippen LogP contribution is 2.42. The Bertz CT molecular complexity index is 794. The van der Waals surface area contributed by atoms with Crippen molar-refractivity contribution in [2.45, 2.75) is 65.0 Å². The van der Waals surface area contributed by atoms with Crippen LogP contribution in [0, 0.1) is 35.5 Å². The molecule has 0 heterocycles. The number of hydrogen-bond acceptors (Lipinski definition) is 2. The Morgan fingerprint density at radius 2 is 1.66 bits per heavy atom. The van der Waals surface area contributed by atoms with Crippen LogP contribution in [0.5, 0.6) is 0 Å². The van der Waals surface area contributed by atoms with Gasteiger partial charge in [-0.1, -0.05) is 76.2 Å². The summed E-state index contributed by atoms with van der Waals surface area (Å²) in [6, 6.07) is 0. The molecule has 1 aliphatic rings. The van der Waals surface area contributed by atoms with E-state index in [1.165, 1.54) is 5.20 Å². The highest BCUT2D eigenvalue weighted by molar-refractivity contribution is 6.84. The van der Waals surface area contributed by atoms with Gasteiger partial charge < -0.3 is 9.53 Å². The minimum Gasteiger partial charge on any atom is -0.544 e. The molecule has 1 aliphatic carbocycles. The predicted molar refractivity (Wildman–Crippen MR) is 131 cm³/mol. The maximum atomic E-state index is 8.65. The summed E-state index contributed by atoms with van der Waals surface area (Å²) in [6.07, 6.45) is 10.9. The average Bonchev–Trinajstić information content (AvgIpc) is 2.59. The number of hydrogen-bond donors (Lipinski definition) is 1. The van der Waals surface area contributed by atoms with E-state index < -0.39 is 16.4 Å². The third kappa shape index (κ3) is 7.55. The summed E-state index contributed by atoms with van der Waals surface area (Å²) >= 11 is 0. The van der Waals surface area contributed by atoms with Crippen molar-refractivity contribution in [3.63, 3.8) is 0 Å². The first-order valence-electron chi connectivity index (χ1n) is 10.3. The summed E-state index contributed by atoms with van der Waals surface area (Å²) in [5.74, 6) is 13.2. The van der Waals surface area contributed by atoms with Crippen molar-refractivity contribution < 1.29 is 9.53 Å². The lowest BCUT2D eigenvalue weighted by atomic mass is 9.85. The normalized spacial score (nSPS) is 20.0. The molecule has 0 aliphatic heterocycles. The van der Waals surface area contributed by atoms with Gasteiger partial charge in [-0.3, -0.25) is 0 Å². The monoisotopic (exact) mass is 426 g/mol. The molecule has 29 heavy (non-hydrogen) atoms. The highest BCUT2D eigenvalue weighted by atomic mass is 28.4. The zero-order chi connectivity index (χ0) is 22.3. The van der Waals surface area contributed by atoms with E-state index in [0.29, 0.717) is 5.92 Å². The van der Waals surface area contributed by atoms with Crippen LogP contribution >= 0.6 is 0 Å². The molecule has 0 aromatic rings. The van der Waals surface area contributed by atoms with Crippen molar-refractivity contribution >= 4 is 16.4 Å². The third-order valence-electron chi connectivity index (χ3n) is 5.61. The van der Waals surface area contributed by atoms with E-state index >= 15 is 0 Å². The summed E-state index contributed by atoms with van der Waals surface area (Å²) in [5.41, 5.74) is 0. The molecule has 0 aromatic carbocycles. The molecule has 0 saturated heterocycles. The highest BCUT2D eigenvalue weighted by Gasteiger charge is 2.41. The molecule has 158 valence electrons. The van der Waals surface area contributed by atoms with Crippen LogP contribution in [-0.2, 0) is 4.43 Å². The molecule has 1 N–H and O–H groups in total. The fourth-order valence-corrected chi connectivity index (χ4v) is 5.52. The van der Waals surface area contributed by atoms with Crippen molar-refractivity contribution in [3.8, 4) is 23.7 Å². The Labute approximate surface area is 181 Å². The van der Waals surface area contributed by atoms with Gasteiger partial charge >= 0.3 is 0 Å². The van der Waals surface area contributed by atoms with Crippen molar-refractivity contribution in [3.05, 3.63) is 47.9 Å². The minimum atomic E-state index is -1.91. The Hall–Kier alpha value is -1.73. The summed E-state index contributed by atoms with van der Waals surface area (Å²) < 4.78 is 6.78. The van der Waals surface area contributed by atoms with Gasteiger partial charge in [-0.05, 0) is 47.5 Å². The lowest BCUT2D eigenvalue weighted by Crippen LogP contribution is -2.42. The van der Waals surface area contributed by atoms with E-state index in [0.717, 1.165) is 12.2 Å². The molecule has 0 fully saturated rings. The van der Waals surface area contributed by atoms with Crippen molar-refractivity contribution in [2.75, 3.05) is 6.61 Å². The summed E-state index contributed by atoms with van der Waals surface area (Å²) in [6.45, 7) is 22.5. The fourth-order valence-electron chi connectivity index (χ4n) is 2.79. The molecule has 0 saturated carbocycles. The third-order valence-corrected chi connectivity index (χ3v) is 12.0. The first-order chi connectivity index (χ1) is 13.3.